The van der Waals surface area contributed by atoms with Crippen molar-refractivity contribution in [2.75, 3.05) is 11.9 Å². The molecule has 3 heterocycles. The number of nitrogens with one attached hydrogen (secondary N) is 1. The Morgan fingerprint density at radius 2 is 2.38 bits per heavy atom. The number of hydrogen-bond donors (Lipinski definition) is 1. The van der Waals surface area contributed by atoms with Crippen LogP contribution in [-0.4, -0.2) is 33.0 Å². The molecule has 0 atom stereocenters. The van der Waals surface area contributed by atoms with E-state index in [1.165, 1.54) is 28.1 Å². The van der Waals surface area contributed by atoms with Gasteiger partial charge in [-0.15, -0.1) is 11.3 Å². The first-order chi connectivity index (χ1) is 10.1. The first-order valence-corrected chi connectivity index (χ1v) is 6.89. The number of anilines is 1. The van der Waals surface area contributed by atoms with Crippen LogP contribution < -0.4 is 5.32 Å². The zero-order valence-corrected chi connectivity index (χ0v) is 11.8. The Bertz CT molecular complexity index is 794. The molecule has 0 aliphatic rings. The Balaban J connectivity index is 1.65. The van der Waals surface area contributed by atoms with Crippen LogP contribution in [0.2, 0.25) is 5.15 Å². The average Bonchev–Trinajstić information content (AvgIpc) is 3.13. The number of carbonyl (C=O) groups excluding carboxylic acids is 2. The van der Waals surface area contributed by atoms with Gasteiger partial charge in [0.1, 0.15) is 6.26 Å². The lowest BCUT2D eigenvalue weighted by Crippen LogP contribution is -2.21. The number of thiazole rings is 1. The number of hydrogen-bond acceptors (Lipinski definition) is 7. The third kappa shape index (κ3) is 2.73. The van der Waals surface area contributed by atoms with Gasteiger partial charge < -0.3 is 14.6 Å². The summed E-state index contributed by atoms with van der Waals surface area (Å²) in [6, 6.07) is 1.46. The molecule has 3 aromatic heterocycles. The Labute approximate surface area is 126 Å². The minimum absolute atomic E-state index is 0.0313. The Hall–Kier alpha value is -2.39. The molecule has 0 bridgehead atoms. The van der Waals surface area contributed by atoms with Crippen LogP contribution in [0.3, 0.4) is 0 Å². The molecule has 0 aliphatic carbocycles. The zero-order chi connectivity index (χ0) is 14.8. The van der Waals surface area contributed by atoms with Crippen LogP contribution >= 0.6 is 22.9 Å². The van der Waals surface area contributed by atoms with Gasteiger partial charge in [-0.1, -0.05) is 16.8 Å². The van der Waals surface area contributed by atoms with Crippen LogP contribution in [0.1, 0.15) is 10.5 Å². The van der Waals surface area contributed by atoms with Gasteiger partial charge in [-0.2, -0.15) is 0 Å². The Kier molecular flexibility index (Phi) is 3.59. The van der Waals surface area contributed by atoms with Crippen molar-refractivity contribution in [3.05, 3.63) is 34.8 Å². The van der Waals surface area contributed by atoms with Crippen molar-refractivity contribution in [3.8, 4) is 0 Å². The average molecular weight is 327 g/mol. The quantitative estimate of drug-likeness (QED) is 0.734. The molecular formula is C11H7ClN4O4S. The van der Waals surface area contributed by atoms with Crippen LogP contribution in [-0.2, 0) is 9.53 Å². The van der Waals surface area contributed by atoms with E-state index in [9.17, 15) is 9.59 Å². The molecule has 8 nitrogen and oxygen atoms in total. The normalized spacial score (nSPS) is 10.7. The van der Waals surface area contributed by atoms with Crippen LogP contribution in [0.5, 0.6) is 0 Å². The van der Waals surface area contributed by atoms with Crippen molar-refractivity contribution in [2.24, 2.45) is 0 Å². The second kappa shape index (κ2) is 5.54. The fourth-order valence-corrected chi connectivity index (χ4v) is 2.61. The molecule has 1 N–H and O–H groups in total. The minimum atomic E-state index is -0.735. The number of halogens is 1. The molecule has 1 amide bonds. The highest BCUT2D eigenvalue weighted by Crippen LogP contribution is 2.21. The summed E-state index contributed by atoms with van der Waals surface area (Å²) in [6.07, 6.45) is 2.95. The Morgan fingerprint density at radius 1 is 1.52 bits per heavy atom. The van der Waals surface area contributed by atoms with Gasteiger partial charge in [0, 0.05) is 17.6 Å². The van der Waals surface area contributed by atoms with E-state index in [0.29, 0.717) is 4.96 Å². The lowest BCUT2D eigenvalue weighted by Gasteiger charge is -2.04. The van der Waals surface area contributed by atoms with Gasteiger partial charge in [-0.05, 0) is 0 Å². The van der Waals surface area contributed by atoms with Gasteiger partial charge in [-0.25, -0.2) is 9.78 Å². The highest BCUT2D eigenvalue weighted by molar-refractivity contribution is 7.15. The van der Waals surface area contributed by atoms with Gasteiger partial charge in [0.15, 0.2) is 28.2 Å². The number of esters is 1. The summed E-state index contributed by atoms with van der Waals surface area (Å²) in [5.41, 5.74) is 0.0853. The first kappa shape index (κ1) is 13.6. The second-order valence-electron chi connectivity index (χ2n) is 3.82. The number of imidazole rings is 1. The minimum Gasteiger partial charge on any atom is -0.451 e. The van der Waals surface area contributed by atoms with Gasteiger partial charge in [-0.3, -0.25) is 9.20 Å². The molecule has 21 heavy (non-hydrogen) atoms. The number of fused-ring (bicyclic) bond motifs is 1. The molecule has 0 fully saturated rings. The number of ether oxygens (including phenoxy) is 1. The van der Waals surface area contributed by atoms with Crippen LogP contribution in [0.15, 0.2) is 28.4 Å². The van der Waals surface area contributed by atoms with Gasteiger partial charge in [0.05, 0.1) is 0 Å². The van der Waals surface area contributed by atoms with Crippen molar-refractivity contribution in [3.63, 3.8) is 0 Å². The molecule has 10 heteroatoms. The third-order valence-electron chi connectivity index (χ3n) is 2.45. The summed E-state index contributed by atoms with van der Waals surface area (Å²) in [7, 11) is 0. The molecule has 0 aromatic carbocycles. The maximum atomic E-state index is 12.0. The van der Waals surface area contributed by atoms with Crippen molar-refractivity contribution in [1.82, 2.24) is 14.5 Å². The molecule has 0 aliphatic heterocycles. The summed E-state index contributed by atoms with van der Waals surface area (Å²) >= 11 is 7.21. The monoisotopic (exact) mass is 326 g/mol. The molecule has 108 valence electrons. The van der Waals surface area contributed by atoms with Crippen LogP contribution in [0.4, 0.5) is 5.82 Å². The second-order valence-corrected chi connectivity index (χ2v) is 5.05. The van der Waals surface area contributed by atoms with E-state index >= 15 is 0 Å². The molecule has 0 radical (unpaired) electrons. The van der Waals surface area contributed by atoms with Crippen LogP contribution in [0, 0.1) is 0 Å². The van der Waals surface area contributed by atoms with Crippen molar-refractivity contribution < 1.29 is 18.8 Å². The van der Waals surface area contributed by atoms with E-state index in [1.54, 1.807) is 11.6 Å². The zero-order valence-electron chi connectivity index (χ0n) is 10.3. The summed E-state index contributed by atoms with van der Waals surface area (Å²) in [4.78, 5) is 28.1. The molecule has 0 saturated heterocycles. The maximum absolute atomic E-state index is 12.0. The third-order valence-corrected chi connectivity index (χ3v) is 3.47. The van der Waals surface area contributed by atoms with Crippen LogP contribution in [0.25, 0.3) is 4.96 Å². The van der Waals surface area contributed by atoms with E-state index in [2.05, 4.69) is 20.0 Å². The van der Waals surface area contributed by atoms with Crippen molar-refractivity contribution in [2.45, 2.75) is 0 Å². The molecule has 3 rings (SSSR count). The topological polar surface area (TPSA) is 98.7 Å². The lowest BCUT2D eigenvalue weighted by atomic mass is 10.5. The highest BCUT2D eigenvalue weighted by atomic mass is 35.5. The fraction of sp³-hybridized carbons (Fsp3) is 0.0909. The predicted octanol–water partition coefficient (Wildman–Crippen LogP) is 1.83. The summed E-state index contributed by atoms with van der Waals surface area (Å²) in [5.74, 6) is -1.04. The number of nitrogens with zero attached hydrogens (tertiary/aromatic N) is 3. The van der Waals surface area contributed by atoms with E-state index in [1.807, 2.05) is 0 Å². The largest absolute Gasteiger partial charge is 0.451 e. The summed E-state index contributed by atoms with van der Waals surface area (Å²) in [6.45, 7) is -0.473. The smallest absolute Gasteiger partial charge is 0.359 e. The predicted molar refractivity (Wildman–Crippen MR) is 73.5 cm³/mol. The number of rotatable bonds is 4. The summed E-state index contributed by atoms with van der Waals surface area (Å²) in [5, 5.41) is 7.68. The lowest BCUT2D eigenvalue weighted by molar-refractivity contribution is -0.119. The van der Waals surface area contributed by atoms with Gasteiger partial charge in [0.25, 0.3) is 5.91 Å². The van der Waals surface area contributed by atoms with Crippen molar-refractivity contribution >= 4 is 45.6 Å². The summed E-state index contributed by atoms with van der Waals surface area (Å²) < 4.78 is 11.0. The standard InChI is InChI=1S/C11H7ClN4O4S/c12-9-8(16-2-4-21-11(16)14-9)10(18)19-5-7(17)13-6-1-3-20-15-6/h1-4H,5H2,(H,13,15,17). The van der Waals surface area contributed by atoms with E-state index < -0.39 is 18.5 Å². The van der Waals surface area contributed by atoms with Gasteiger partial charge in [0.2, 0.25) is 0 Å². The SMILES string of the molecule is O=C(COC(=O)c1c(Cl)nc2sccn12)Nc1ccon1. The van der Waals surface area contributed by atoms with E-state index in [4.69, 9.17) is 16.3 Å². The maximum Gasteiger partial charge on any atom is 0.359 e. The number of amides is 1. The van der Waals surface area contributed by atoms with Crippen molar-refractivity contribution in [1.29, 1.82) is 0 Å². The molecule has 0 unspecified atom stereocenters. The Morgan fingerprint density at radius 3 is 3.14 bits per heavy atom. The molecule has 3 aromatic rings. The highest BCUT2D eigenvalue weighted by Gasteiger charge is 2.21. The molecular weight excluding hydrogens is 320 g/mol. The molecule has 0 saturated carbocycles. The van der Waals surface area contributed by atoms with E-state index in [0.717, 1.165) is 0 Å². The number of aromatic nitrogens is 3. The van der Waals surface area contributed by atoms with Gasteiger partial charge >= 0.3 is 5.97 Å². The van der Waals surface area contributed by atoms with E-state index in [-0.39, 0.29) is 16.7 Å². The molecule has 0 spiro atoms. The first-order valence-electron chi connectivity index (χ1n) is 5.63. The fourth-order valence-electron chi connectivity index (χ4n) is 1.60. The number of carbonyl (C=O) groups is 2.